The van der Waals surface area contributed by atoms with Gasteiger partial charge in [0.05, 0.1) is 34.1 Å². The van der Waals surface area contributed by atoms with Gasteiger partial charge in [-0.1, -0.05) is 6.07 Å². The van der Waals surface area contributed by atoms with E-state index in [1.54, 1.807) is 47.2 Å². The number of benzene rings is 2. The number of pyridine rings is 2. The molecule has 0 saturated carbocycles. The van der Waals surface area contributed by atoms with Crippen LogP contribution in [-0.4, -0.2) is 58.4 Å². The molecule has 1 fully saturated rings. The molecule has 1 atom stereocenters. The smallest absolute Gasteiger partial charge is 0.335 e. The van der Waals surface area contributed by atoms with Crippen LogP contribution in [0.2, 0.25) is 0 Å². The van der Waals surface area contributed by atoms with Crippen LogP contribution in [0.5, 0.6) is 11.5 Å². The fourth-order valence-electron chi connectivity index (χ4n) is 5.42. The van der Waals surface area contributed by atoms with Crippen LogP contribution in [0.3, 0.4) is 0 Å². The zero-order valence-corrected chi connectivity index (χ0v) is 21.7. The Morgan fingerprint density at radius 3 is 2.66 bits per heavy atom. The first kappa shape index (κ1) is 25.8. The molecule has 6 rings (SSSR count). The number of nitriles is 1. The van der Waals surface area contributed by atoms with Crippen LogP contribution in [0.25, 0.3) is 28.0 Å². The molecular formula is C30H24N6O5. The van der Waals surface area contributed by atoms with Crippen molar-refractivity contribution in [3.8, 4) is 34.4 Å². The lowest BCUT2D eigenvalue weighted by Crippen LogP contribution is -2.29. The molecule has 3 N–H and O–H groups in total. The highest BCUT2D eigenvalue weighted by Crippen LogP contribution is 2.34. The molecule has 0 amide bonds. The van der Waals surface area contributed by atoms with Crippen LogP contribution < -0.4 is 5.69 Å². The molecule has 5 aromatic rings. The van der Waals surface area contributed by atoms with Crippen molar-refractivity contribution in [3.05, 3.63) is 100 Å². The Hall–Kier alpha value is -5.47. The van der Waals surface area contributed by atoms with Crippen molar-refractivity contribution in [2.24, 2.45) is 0 Å². The minimum absolute atomic E-state index is 0.0862. The molecule has 3 aromatic heterocycles. The van der Waals surface area contributed by atoms with E-state index in [0.717, 1.165) is 0 Å². The van der Waals surface area contributed by atoms with Gasteiger partial charge in [-0.25, -0.2) is 14.6 Å². The third-order valence-electron chi connectivity index (χ3n) is 7.36. The summed E-state index contributed by atoms with van der Waals surface area (Å²) in [6, 6.07) is 17.7. The molecule has 1 aliphatic heterocycles. The van der Waals surface area contributed by atoms with Crippen molar-refractivity contribution in [2.75, 3.05) is 13.1 Å². The van der Waals surface area contributed by atoms with Crippen LogP contribution in [-0.2, 0) is 6.54 Å². The minimum Gasteiger partial charge on any atom is -0.507 e. The number of aromatic hydroxyl groups is 2. The van der Waals surface area contributed by atoms with Crippen LogP contribution >= 0.6 is 0 Å². The largest absolute Gasteiger partial charge is 0.507 e. The first-order chi connectivity index (χ1) is 19.8. The molecule has 41 heavy (non-hydrogen) atoms. The summed E-state index contributed by atoms with van der Waals surface area (Å²) in [5.41, 5.74) is 3.20. The Kier molecular flexibility index (Phi) is 6.45. The van der Waals surface area contributed by atoms with Crippen LogP contribution in [0.1, 0.15) is 34.1 Å². The zero-order valence-electron chi connectivity index (χ0n) is 21.7. The molecule has 1 aliphatic rings. The maximum atomic E-state index is 13.9. The number of carbonyl (C=O) groups is 1. The molecule has 11 heteroatoms. The summed E-state index contributed by atoms with van der Waals surface area (Å²) >= 11 is 0. The molecule has 11 nitrogen and oxygen atoms in total. The summed E-state index contributed by atoms with van der Waals surface area (Å²) in [5.74, 6) is -1.24. The van der Waals surface area contributed by atoms with Crippen molar-refractivity contribution in [1.82, 2.24) is 24.0 Å². The number of phenolic OH excluding ortho intramolecular Hbond substituents is 2. The summed E-state index contributed by atoms with van der Waals surface area (Å²) in [5, 5.41) is 39.3. The standard InChI is InChI=1S/C30H24N6O5/c31-15-20-12-18(3-6-26(20)37)24-5-4-22(14-27(24)38)35-25-2-1-9-33-28(25)36(30(35)41)23-8-11-34(17-23)16-21-13-19(29(39)40)7-10-32-21/h1-7,9-10,12-14,23,37-38H,8,11,16-17H2,(H,39,40). The van der Waals surface area contributed by atoms with Gasteiger partial charge in [0, 0.05) is 43.7 Å². The number of carboxylic acid groups (broad SMARTS) is 1. The number of likely N-dealkylation sites (tertiary alicyclic amines) is 1. The number of hydrogen-bond acceptors (Lipinski definition) is 8. The van der Waals surface area contributed by atoms with Crippen molar-refractivity contribution in [1.29, 1.82) is 5.26 Å². The maximum Gasteiger partial charge on any atom is 0.335 e. The number of imidazole rings is 1. The number of hydrogen-bond donors (Lipinski definition) is 3. The van der Waals surface area contributed by atoms with Gasteiger partial charge in [0.2, 0.25) is 0 Å². The fourth-order valence-corrected chi connectivity index (χ4v) is 5.42. The highest BCUT2D eigenvalue weighted by atomic mass is 16.4. The van der Waals surface area contributed by atoms with E-state index >= 15 is 0 Å². The van der Waals surface area contributed by atoms with E-state index < -0.39 is 5.97 Å². The number of nitrogens with zero attached hydrogens (tertiary/aromatic N) is 6. The van der Waals surface area contributed by atoms with Gasteiger partial charge in [0.1, 0.15) is 17.6 Å². The van der Waals surface area contributed by atoms with E-state index in [9.17, 15) is 30.2 Å². The lowest BCUT2D eigenvalue weighted by atomic mass is 10.0. The minimum atomic E-state index is -1.01. The first-order valence-corrected chi connectivity index (χ1v) is 12.9. The quantitative estimate of drug-likeness (QED) is 0.288. The highest BCUT2D eigenvalue weighted by molar-refractivity contribution is 5.87. The average molecular weight is 549 g/mol. The van der Waals surface area contributed by atoms with Gasteiger partial charge >= 0.3 is 11.7 Å². The normalized spacial score (nSPS) is 15.2. The summed E-state index contributed by atoms with van der Waals surface area (Å²) in [6.07, 6.45) is 3.81. The third-order valence-corrected chi connectivity index (χ3v) is 7.36. The lowest BCUT2D eigenvalue weighted by molar-refractivity contribution is 0.0696. The Morgan fingerprint density at radius 1 is 1.02 bits per heavy atom. The van der Waals surface area contributed by atoms with Crippen molar-refractivity contribution in [2.45, 2.75) is 19.0 Å². The second-order valence-electron chi connectivity index (χ2n) is 9.90. The molecule has 1 unspecified atom stereocenters. The van der Waals surface area contributed by atoms with Gasteiger partial charge in [0.15, 0.2) is 5.65 Å². The highest BCUT2D eigenvalue weighted by Gasteiger charge is 2.29. The SMILES string of the molecule is N#Cc1cc(-c2ccc(-n3c(=O)n(C4CCN(Cc5cc(C(=O)O)ccn5)C4)c4ncccc43)cc2O)ccc1O. The number of fused-ring (bicyclic) bond motifs is 1. The topological polar surface area (TPSA) is 158 Å². The van der Waals surface area contributed by atoms with Crippen LogP contribution in [0.4, 0.5) is 0 Å². The van der Waals surface area contributed by atoms with Gasteiger partial charge in [-0.3, -0.25) is 19.0 Å². The van der Waals surface area contributed by atoms with E-state index in [4.69, 9.17) is 0 Å². The number of carboxylic acids is 1. The van der Waals surface area contributed by atoms with Gasteiger partial charge < -0.3 is 15.3 Å². The molecule has 1 saturated heterocycles. The van der Waals surface area contributed by atoms with Crippen LogP contribution in [0, 0.1) is 11.3 Å². The molecule has 2 aromatic carbocycles. The van der Waals surface area contributed by atoms with E-state index in [1.165, 1.54) is 35.0 Å². The number of aromatic carboxylic acids is 1. The molecule has 4 heterocycles. The third kappa shape index (κ3) is 4.66. The molecule has 0 spiro atoms. The molecule has 204 valence electrons. The van der Waals surface area contributed by atoms with Gasteiger partial charge in [0.25, 0.3) is 0 Å². The van der Waals surface area contributed by atoms with E-state index in [-0.39, 0.29) is 34.4 Å². The maximum absolute atomic E-state index is 13.9. The number of rotatable bonds is 6. The summed E-state index contributed by atoms with van der Waals surface area (Å²) in [7, 11) is 0. The lowest BCUT2D eigenvalue weighted by Gasteiger charge is -2.16. The van der Waals surface area contributed by atoms with E-state index in [2.05, 4.69) is 14.9 Å². The van der Waals surface area contributed by atoms with Gasteiger partial charge in [-0.05, 0) is 60.5 Å². The first-order valence-electron chi connectivity index (χ1n) is 12.9. The second-order valence-corrected chi connectivity index (χ2v) is 9.90. The summed E-state index contributed by atoms with van der Waals surface area (Å²) in [6.45, 7) is 1.71. The molecule has 0 radical (unpaired) electrons. The van der Waals surface area contributed by atoms with E-state index in [1.807, 2.05) is 6.07 Å². The van der Waals surface area contributed by atoms with Crippen molar-refractivity contribution in [3.63, 3.8) is 0 Å². The zero-order chi connectivity index (χ0) is 28.7. The predicted octanol–water partition coefficient (Wildman–Crippen LogP) is 3.68. The second kappa shape index (κ2) is 10.3. The van der Waals surface area contributed by atoms with Gasteiger partial charge in [-0.2, -0.15) is 5.26 Å². The fraction of sp³-hybridized carbons (Fsp3) is 0.167. The Balaban J connectivity index is 1.33. The number of phenols is 2. The summed E-state index contributed by atoms with van der Waals surface area (Å²) in [4.78, 5) is 36.2. The van der Waals surface area contributed by atoms with Gasteiger partial charge in [-0.15, -0.1) is 0 Å². The average Bonchev–Trinajstić information content (AvgIpc) is 3.54. The molecule has 0 bridgehead atoms. The summed E-state index contributed by atoms with van der Waals surface area (Å²) < 4.78 is 3.20. The monoisotopic (exact) mass is 548 g/mol. The van der Waals surface area contributed by atoms with Crippen molar-refractivity contribution < 1.29 is 20.1 Å². The predicted molar refractivity (Wildman–Crippen MR) is 149 cm³/mol. The molecular weight excluding hydrogens is 524 g/mol. The Bertz CT molecular complexity index is 1920. The Morgan fingerprint density at radius 2 is 1.88 bits per heavy atom. The van der Waals surface area contributed by atoms with E-state index in [0.29, 0.717) is 59.7 Å². The van der Waals surface area contributed by atoms with Crippen LogP contribution in [0.15, 0.2) is 77.9 Å². The molecule has 0 aliphatic carbocycles. The van der Waals surface area contributed by atoms with Crippen molar-refractivity contribution >= 4 is 17.1 Å². The Labute approximate surface area is 233 Å². The number of aromatic nitrogens is 4.